The molecule has 0 bridgehead atoms. The van der Waals surface area contributed by atoms with Crippen molar-refractivity contribution in [3.05, 3.63) is 35.4 Å². The maximum Gasteiger partial charge on any atom is 0.203 e. The van der Waals surface area contributed by atoms with Crippen molar-refractivity contribution in [1.29, 1.82) is 0 Å². The summed E-state index contributed by atoms with van der Waals surface area (Å²) in [6, 6.07) is 3.64. The Morgan fingerprint density at radius 1 is 1.05 bits per heavy atom. The molecule has 1 saturated carbocycles. The fourth-order valence-electron chi connectivity index (χ4n) is 2.26. The largest absolute Gasteiger partial charge is 0.493 e. The van der Waals surface area contributed by atoms with Crippen molar-refractivity contribution in [3.8, 4) is 17.2 Å². The molecule has 1 aliphatic carbocycles. The number of hydrogen-bond acceptors (Lipinski definition) is 4. The van der Waals surface area contributed by atoms with Gasteiger partial charge in [-0.2, -0.15) is 0 Å². The Balaban J connectivity index is 2.45. The molecule has 1 fully saturated rings. The van der Waals surface area contributed by atoms with Crippen molar-refractivity contribution in [3.63, 3.8) is 0 Å². The number of carbonyl (C=O) groups excluding carboxylic acids is 1. The van der Waals surface area contributed by atoms with E-state index in [0.29, 0.717) is 22.8 Å². The van der Waals surface area contributed by atoms with Gasteiger partial charge in [0, 0.05) is 5.57 Å². The minimum Gasteiger partial charge on any atom is -0.493 e. The van der Waals surface area contributed by atoms with Crippen LogP contribution in [0.5, 0.6) is 17.2 Å². The lowest BCUT2D eigenvalue weighted by Crippen LogP contribution is -1.97. The predicted molar refractivity (Wildman–Crippen MR) is 77.5 cm³/mol. The molecule has 4 nitrogen and oxygen atoms in total. The Morgan fingerprint density at radius 2 is 1.65 bits per heavy atom. The van der Waals surface area contributed by atoms with Gasteiger partial charge in [-0.1, -0.05) is 6.58 Å². The minimum absolute atomic E-state index is 0.0405. The molecule has 0 saturated heterocycles. The Hall–Kier alpha value is -2.23. The van der Waals surface area contributed by atoms with Crippen LogP contribution in [0.3, 0.4) is 0 Å². The number of hydrogen-bond donors (Lipinski definition) is 0. The molecule has 0 atom stereocenters. The van der Waals surface area contributed by atoms with Gasteiger partial charge < -0.3 is 14.2 Å². The highest BCUT2D eigenvalue weighted by atomic mass is 16.5. The summed E-state index contributed by atoms with van der Waals surface area (Å²) in [6.07, 6.45) is 3.31. The first-order valence-electron chi connectivity index (χ1n) is 6.33. The van der Waals surface area contributed by atoms with Gasteiger partial charge in [-0.15, -0.1) is 0 Å². The highest BCUT2D eigenvalue weighted by Crippen LogP contribution is 2.39. The SMILES string of the molecule is C=C1CCC(=Cc2cc(OC)c(OC)c(OC)c2)C1=O. The van der Waals surface area contributed by atoms with Crippen LogP contribution in [0.25, 0.3) is 6.08 Å². The van der Waals surface area contributed by atoms with Crippen molar-refractivity contribution in [2.24, 2.45) is 0 Å². The molecule has 0 aliphatic heterocycles. The second kappa shape index (κ2) is 5.82. The van der Waals surface area contributed by atoms with E-state index < -0.39 is 0 Å². The van der Waals surface area contributed by atoms with E-state index in [1.807, 2.05) is 18.2 Å². The van der Waals surface area contributed by atoms with Crippen molar-refractivity contribution in [1.82, 2.24) is 0 Å². The molecule has 1 aliphatic rings. The third kappa shape index (κ3) is 2.54. The fourth-order valence-corrected chi connectivity index (χ4v) is 2.26. The molecular formula is C16H18O4. The first-order valence-corrected chi connectivity index (χ1v) is 6.33. The molecule has 0 unspecified atom stereocenters. The van der Waals surface area contributed by atoms with Crippen molar-refractivity contribution >= 4 is 11.9 Å². The third-order valence-corrected chi connectivity index (χ3v) is 3.34. The van der Waals surface area contributed by atoms with E-state index in [4.69, 9.17) is 14.2 Å². The van der Waals surface area contributed by atoms with E-state index in [2.05, 4.69) is 6.58 Å². The number of ketones is 1. The number of Topliss-reactive ketones (excluding diaryl/α,β-unsaturated/α-hetero) is 1. The zero-order valence-electron chi connectivity index (χ0n) is 12.0. The van der Waals surface area contributed by atoms with Crippen LogP contribution in [0, 0.1) is 0 Å². The summed E-state index contributed by atoms with van der Waals surface area (Å²) in [5, 5.41) is 0. The number of allylic oxidation sites excluding steroid dienone is 2. The fraction of sp³-hybridized carbons (Fsp3) is 0.312. The highest BCUT2D eigenvalue weighted by molar-refractivity contribution is 6.12. The Labute approximate surface area is 118 Å². The molecule has 0 spiro atoms. The second-order valence-electron chi connectivity index (χ2n) is 4.56. The average Bonchev–Trinajstić information content (AvgIpc) is 2.78. The molecular weight excluding hydrogens is 256 g/mol. The van der Waals surface area contributed by atoms with E-state index in [1.165, 1.54) is 0 Å². The van der Waals surface area contributed by atoms with Crippen LogP contribution in [-0.4, -0.2) is 27.1 Å². The topological polar surface area (TPSA) is 44.8 Å². The average molecular weight is 274 g/mol. The Morgan fingerprint density at radius 3 is 2.05 bits per heavy atom. The minimum atomic E-state index is 0.0405. The van der Waals surface area contributed by atoms with Crippen LogP contribution >= 0.6 is 0 Å². The van der Waals surface area contributed by atoms with Gasteiger partial charge in [0.05, 0.1) is 21.3 Å². The zero-order valence-corrected chi connectivity index (χ0v) is 12.0. The number of carbonyl (C=O) groups is 1. The molecule has 0 aromatic heterocycles. The van der Waals surface area contributed by atoms with E-state index >= 15 is 0 Å². The first-order chi connectivity index (χ1) is 9.60. The molecule has 20 heavy (non-hydrogen) atoms. The molecule has 2 rings (SSSR count). The van der Waals surface area contributed by atoms with Crippen molar-refractivity contribution in [2.75, 3.05) is 21.3 Å². The van der Waals surface area contributed by atoms with Gasteiger partial charge in [0.2, 0.25) is 5.75 Å². The quantitative estimate of drug-likeness (QED) is 0.792. The number of methoxy groups -OCH3 is 3. The highest BCUT2D eigenvalue weighted by Gasteiger charge is 2.21. The third-order valence-electron chi connectivity index (χ3n) is 3.34. The van der Waals surface area contributed by atoms with Gasteiger partial charge in [0.25, 0.3) is 0 Å². The monoisotopic (exact) mass is 274 g/mol. The summed E-state index contributed by atoms with van der Waals surface area (Å²) < 4.78 is 15.9. The molecule has 0 heterocycles. The summed E-state index contributed by atoms with van der Waals surface area (Å²) >= 11 is 0. The molecule has 1 aromatic carbocycles. The molecule has 0 amide bonds. The number of benzene rings is 1. The molecule has 106 valence electrons. The molecule has 0 N–H and O–H groups in total. The summed E-state index contributed by atoms with van der Waals surface area (Å²) in [4.78, 5) is 11.9. The standard InChI is InChI=1S/C16H18O4/c1-10-5-6-12(15(10)17)7-11-8-13(18-2)16(20-4)14(9-11)19-3/h7-9H,1,5-6H2,2-4H3. The van der Waals surface area contributed by atoms with Gasteiger partial charge >= 0.3 is 0 Å². The van der Waals surface area contributed by atoms with Gasteiger partial charge in [0.1, 0.15) is 0 Å². The normalized spacial score (nSPS) is 16.6. The first kappa shape index (κ1) is 14.2. The van der Waals surface area contributed by atoms with Crippen LogP contribution in [0.2, 0.25) is 0 Å². The van der Waals surface area contributed by atoms with E-state index in [9.17, 15) is 4.79 Å². The van der Waals surface area contributed by atoms with Crippen LogP contribution in [-0.2, 0) is 4.79 Å². The maximum absolute atomic E-state index is 11.9. The smallest absolute Gasteiger partial charge is 0.203 e. The van der Waals surface area contributed by atoms with Gasteiger partial charge in [-0.3, -0.25) is 4.79 Å². The summed E-state index contributed by atoms with van der Waals surface area (Å²) in [5.41, 5.74) is 2.28. The van der Waals surface area contributed by atoms with Crippen molar-refractivity contribution < 1.29 is 19.0 Å². The lowest BCUT2D eigenvalue weighted by molar-refractivity contribution is -0.111. The Kier molecular flexibility index (Phi) is 4.13. The van der Waals surface area contributed by atoms with E-state index in [1.54, 1.807) is 21.3 Å². The number of rotatable bonds is 4. The van der Waals surface area contributed by atoms with Crippen molar-refractivity contribution in [2.45, 2.75) is 12.8 Å². The van der Waals surface area contributed by atoms with E-state index in [-0.39, 0.29) is 5.78 Å². The molecule has 0 radical (unpaired) electrons. The second-order valence-corrected chi connectivity index (χ2v) is 4.56. The molecule has 4 heteroatoms. The van der Waals surface area contributed by atoms with Crippen LogP contribution < -0.4 is 14.2 Å². The van der Waals surface area contributed by atoms with Crippen LogP contribution in [0.4, 0.5) is 0 Å². The number of ether oxygens (including phenoxy) is 3. The summed E-state index contributed by atoms with van der Waals surface area (Å²) in [7, 11) is 4.69. The lowest BCUT2D eigenvalue weighted by Gasteiger charge is -2.13. The van der Waals surface area contributed by atoms with Gasteiger partial charge in [-0.25, -0.2) is 0 Å². The Bertz CT molecular complexity index is 559. The van der Waals surface area contributed by atoms with Crippen LogP contribution in [0.1, 0.15) is 18.4 Å². The van der Waals surface area contributed by atoms with Gasteiger partial charge in [-0.05, 0) is 42.2 Å². The molecule has 1 aromatic rings. The summed E-state index contributed by atoms with van der Waals surface area (Å²) in [6.45, 7) is 3.76. The lowest BCUT2D eigenvalue weighted by atomic mass is 10.1. The van der Waals surface area contributed by atoms with Crippen LogP contribution in [0.15, 0.2) is 29.9 Å². The zero-order chi connectivity index (χ0) is 14.7. The summed E-state index contributed by atoms with van der Waals surface area (Å²) in [5.74, 6) is 1.73. The van der Waals surface area contributed by atoms with Gasteiger partial charge in [0.15, 0.2) is 17.3 Å². The predicted octanol–water partition coefficient (Wildman–Crippen LogP) is 3.01. The van der Waals surface area contributed by atoms with E-state index in [0.717, 1.165) is 24.0 Å². The maximum atomic E-state index is 11.9.